The third-order valence-corrected chi connectivity index (χ3v) is 4.39. The number of carbonyl (C=O) groups excluding carboxylic acids is 2. The Bertz CT molecular complexity index is 384. The van der Waals surface area contributed by atoms with E-state index in [0.717, 1.165) is 57.4 Å². The maximum absolute atomic E-state index is 12.3. The molecule has 0 aromatic rings. The van der Waals surface area contributed by atoms with Gasteiger partial charge < -0.3 is 14.8 Å². The summed E-state index contributed by atoms with van der Waals surface area (Å²) in [6, 6.07) is 0. The van der Waals surface area contributed by atoms with E-state index in [0.29, 0.717) is 0 Å². The number of carbonyl (C=O) groups is 2. The summed E-state index contributed by atoms with van der Waals surface area (Å²) in [4.78, 5) is 23.9. The molecular formula is C17H27NO4. The van der Waals surface area contributed by atoms with Crippen LogP contribution in [0.3, 0.4) is 0 Å². The third kappa shape index (κ3) is 5.44. The molecule has 0 aliphatic heterocycles. The number of ether oxygens (including phenoxy) is 2. The summed E-state index contributed by atoms with van der Waals surface area (Å²) in [5.74, 6) is -0.894. The zero-order valence-electron chi connectivity index (χ0n) is 13.2. The molecule has 2 fully saturated rings. The van der Waals surface area contributed by atoms with Crippen molar-refractivity contribution < 1.29 is 19.1 Å². The quantitative estimate of drug-likeness (QED) is 0.465. The van der Waals surface area contributed by atoms with Gasteiger partial charge in [0.15, 0.2) is 0 Å². The van der Waals surface area contributed by atoms with Crippen molar-refractivity contribution in [2.24, 2.45) is 0 Å². The Hall–Kier alpha value is -1.36. The van der Waals surface area contributed by atoms with E-state index in [-0.39, 0.29) is 12.2 Å². The van der Waals surface area contributed by atoms with Gasteiger partial charge in [-0.15, -0.1) is 0 Å². The van der Waals surface area contributed by atoms with Gasteiger partial charge in [-0.25, -0.2) is 4.79 Å². The van der Waals surface area contributed by atoms with Crippen LogP contribution in [-0.4, -0.2) is 30.3 Å². The van der Waals surface area contributed by atoms with Crippen molar-refractivity contribution in [1.82, 2.24) is 5.32 Å². The minimum Gasteiger partial charge on any atom is -0.459 e. The summed E-state index contributed by atoms with van der Waals surface area (Å²) in [5, 5.41) is 2.55. The second-order valence-electron chi connectivity index (χ2n) is 6.19. The van der Waals surface area contributed by atoms with E-state index >= 15 is 0 Å². The molecular weight excluding hydrogens is 282 g/mol. The summed E-state index contributed by atoms with van der Waals surface area (Å²) in [6.07, 6.45) is 10.5. The molecule has 2 aliphatic carbocycles. The van der Waals surface area contributed by atoms with Crippen LogP contribution < -0.4 is 5.32 Å². The summed E-state index contributed by atoms with van der Waals surface area (Å²) in [6.45, 7) is 3.42. The molecule has 0 radical (unpaired) electrons. The van der Waals surface area contributed by atoms with E-state index in [1.165, 1.54) is 12.8 Å². The average molecular weight is 309 g/mol. The fourth-order valence-corrected chi connectivity index (χ4v) is 3.14. The van der Waals surface area contributed by atoms with Gasteiger partial charge in [0.2, 0.25) is 12.1 Å². The van der Waals surface area contributed by atoms with Crippen molar-refractivity contribution in [3.8, 4) is 0 Å². The summed E-state index contributed by atoms with van der Waals surface area (Å²) in [5.41, 5.74) is 0. The lowest BCUT2D eigenvalue weighted by molar-refractivity contribution is -0.173. The van der Waals surface area contributed by atoms with Crippen LogP contribution in [0.25, 0.3) is 0 Å². The molecule has 22 heavy (non-hydrogen) atoms. The third-order valence-electron chi connectivity index (χ3n) is 4.39. The first-order valence-corrected chi connectivity index (χ1v) is 8.48. The highest BCUT2D eigenvalue weighted by molar-refractivity contribution is 5.90. The molecule has 2 rings (SSSR count). The van der Waals surface area contributed by atoms with Crippen LogP contribution in [0.2, 0.25) is 0 Å². The summed E-state index contributed by atoms with van der Waals surface area (Å²) in [7, 11) is 0. The number of nitrogens with one attached hydrogen (secondary N) is 1. The normalized spacial score (nSPS) is 21.8. The molecule has 0 aromatic heterocycles. The van der Waals surface area contributed by atoms with Gasteiger partial charge in [-0.1, -0.05) is 32.3 Å². The van der Waals surface area contributed by atoms with Crippen molar-refractivity contribution in [3.05, 3.63) is 12.7 Å². The van der Waals surface area contributed by atoms with Gasteiger partial charge in [0.05, 0.1) is 6.10 Å². The molecule has 0 aromatic carbocycles. The molecule has 1 N–H and O–H groups in total. The molecule has 1 atom stereocenters. The molecule has 0 heterocycles. The number of rotatable bonds is 6. The first-order valence-electron chi connectivity index (χ1n) is 8.48. The first-order chi connectivity index (χ1) is 10.7. The maximum atomic E-state index is 12.3. The van der Waals surface area contributed by atoms with Crippen LogP contribution in [-0.2, 0) is 19.1 Å². The minimum atomic E-state index is -1.02. The highest BCUT2D eigenvalue weighted by atomic mass is 16.6. The van der Waals surface area contributed by atoms with Crippen molar-refractivity contribution in [3.63, 3.8) is 0 Å². The Labute approximate surface area is 132 Å². The smallest absolute Gasteiger partial charge is 0.356 e. The van der Waals surface area contributed by atoms with Gasteiger partial charge in [-0.3, -0.25) is 4.79 Å². The molecule has 2 saturated carbocycles. The SMILES string of the molecule is C=CC(=O)NC(OC1CCCCC1)C(=O)OC1CCCCC1. The van der Waals surface area contributed by atoms with E-state index in [2.05, 4.69) is 11.9 Å². The molecule has 124 valence electrons. The van der Waals surface area contributed by atoms with Gasteiger partial charge in [0.1, 0.15) is 6.10 Å². The van der Waals surface area contributed by atoms with Crippen LogP contribution in [0.15, 0.2) is 12.7 Å². The largest absolute Gasteiger partial charge is 0.459 e. The van der Waals surface area contributed by atoms with E-state index in [1.54, 1.807) is 0 Å². The fourth-order valence-electron chi connectivity index (χ4n) is 3.14. The first kappa shape index (κ1) is 17.0. The van der Waals surface area contributed by atoms with Crippen molar-refractivity contribution >= 4 is 11.9 Å². The topological polar surface area (TPSA) is 64.6 Å². The molecule has 0 saturated heterocycles. The molecule has 0 bridgehead atoms. The van der Waals surface area contributed by atoms with Crippen LogP contribution in [0.5, 0.6) is 0 Å². The highest BCUT2D eigenvalue weighted by Gasteiger charge is 2.29. The molecule has 5 nitrogen and oxygen atoms in total. The number of amides is 1. The zero-order valence-corrected chi connectivity index (χ0v) is 13.2. The summed E-state index contributed by atoms with van der Waals surface area (Å²) >= 11 is 0. The Morgan fingerprint density at radius 3 is 2.05 bits per heavy atom. The standard InChI is InChI=1S/C17H27NO4/c1-2-15(19)18-16(21-13-9-5-3-6-10-13)17(20)22-14-11-7-4-8-12-14/h2,13-14,16H,1,3-12H2,(H,18,19). The monoisotopic (exact) mass is 309 g/mol. The van der Waals surface area contributed by atoms with Crippen LogP contribution in [0, 0.1) is 0 Å². The highest BCUT2D eigenvalue weighted by Crippen LogP contribution is 2.23. The van der Waals surface area contributed by atoms with Gasteiger partial charge in [0, 0.05) is 0 Å². The van der Waals surface area contributed by atoms with E-state index in [4.69, 9.17) is 9.47 Å². The van der Waals surface area contributed by atoms with Gasteiger partial charge >= 0.3 is 5.97 Å². The summed E-state index contributed by atoms with van der Waals surface area (Å²) < 4.78 is 11.3. The van der Waals surface area contributed by atoms with Gasteiger partial charge in [-0.05, 0) is 44.6 Å². The van der Waals surface area contributed by atoms with E-state index in [9.17, 15) is 9.59 Å². The Morgan fingerprint density at radius 2 is 1.50 bits per heavy atom. The molecule has 2 aliphatic rings. The lowest BCUT2D eigenvalue weighted by Crippen LogP contribution is -2.46. The second kappa shape index (κ2) is 8.93. The Balaban J connectivity index is 1.90. The van der Waals surface area contributed by atoms with Crippen LogP contribution >= 0.6 is 0 Å². The zero-order chi connectivity index (χ0) is 15.8. The van der Waals surface area contributed by atoms with Crippen molar-refractivity contribution in [2.75, 3.05) is 0 Å². The average Bonchev–Trinajstić information content (AvgIpc) is 2.56. The number of hydrogen-bond acceptors (Lipinski definition) is 4. The second-order valence-corrected chi connectivity index (χ2v) is 6.19. The lowest BCUT2D eigenvalue weighted by Gasteiger charge is -2.29. The van der Waals surface area contributed by atoms with Crippen molar-refractivity contribution in [2.45, 2.75) is 82.6 Å². The Kier molecular flexibility index (Phi) is 6.90. The van der Waals surface area contributed by atoms with Crippen LogP contribution in [0.1, 0.15) is 64.2 Å². The number of hydrogen-bond donors (Lipinski definition) is 1. The number of esters is 1. The van der Waals surface area contributed by atoms with Gasteiger partial charge in [-0.2, -0.15) is 0 Å². The molecule has 1 amide bonds. The van der Waals surface area contributed by atoms with Crippen molar-refractivity contribution in [1.29, 1.82) is 0 Å². The van der Waals surface area contributed by atoms with E-state index in [1.807, 2.05) is 0 Å². The Morgan fingerprint density at radius 1 is 0.955 bits per heavy atom. The molecule has 5 heteroatoms. The maximum Gasteiger partial charge on any atom is 0.356 e. The lowest BCUT2D eigenvalue weighted by atomic mass is 9.97. The molecule has 0 spiro atoms. The molecule has 1 unspecified atom stereocenters. The predicted octanol–water partition coefficient (Wildman–Crippen LogP) is 2.84. The van der Waals surface area contributed by atoms with Gasteiger partial charge in [0.25, 0.3) is 0 Å². The predicted molar refractivity (Wildman–Crippen MR) is 83.1 cm³/mol. The fraction of sp³-hybridized carbons (Fsp3) is 0.765. The van der Waals surface area contributed by atoms with Crippen LogP contribution in [0.4, 0.5) is 0 Å². The minimum absolute atomic E-state index is 0.0165. The van der Waals surface area contributed by atoms with E-state index < -0.39 is 18.1 Å².